The molecular weight excluding hydrogens is 360 g/mol. The molecule has 2 aromatic carbocycles. The SMILES string of the molecule is CCN(CC)S(=O)(=O)c1cc(NC(=O)c2ccccc2Cl)ccc1C. The lowest BCUT2D eigenvalue weighted by atomic mass is 10.2. The second-order valence-electron chi connectivity index (χ2n) is 5.50. The molecule has 0 fully saturated rings. The van der Waals surface area contributed by atoms with E-state index in [4.69, 9.17) is 11.6 Å². The zero-order chi connectivity index (χ0) is 18.6. The minimum atomic E-state index is -3.61. The monoisotopic (exact) mass is 380 g/mol. The lowest BCUT2D eigenvalue weighted by Crippen LogP contribution is -2.31. The fourth-order valence-electron chi connectivity index (χ4n) is 2.50. The third-order valence-electron chi connectivity index (χ3n) is 3.89. The minimum absolute atomic E-state index is 0.188. The van der Waals surface area contributed by atoms with Crippen LogP contribution in [0, 0.1) is 6.92 Å². The average molecular weight is 381 g/mol. The molecule has 0 heterocycles. The number of halogens is 1. The summed E-state index contributed by atoms with van der Waals surface area (Å²) >= 11 is 6.03. The van der Waals surface area contributed by atoms with Gasteiger partial charge in [0.05, 0.1) is 15.5 Å². The molecule has 0 aliphatic rings. The van der Waals surface area contributed by atoms with Crippen molar-refractivity contribution in [2.24, 2.45) is 0 Å². The molecule has 0 atom stereocenters. The van der Waals surface area contributed by atoms with Crippen molar-refractivity contribution in [1.29, 1.82) is 0 Å². The molecule has 1 amide bonds. The average Bonchev–Trinajstić information content (AvgIpc) is 2.57. The standard InChI is InChI=1S/C18H21ClN2O3S/c1-4-21(5-2)25(23,24)17-12-14(11-10-13(17)3)20-18(22)15-8-6-7-9-16(15)19/h6-12H,4-5H2,1-3H3,(H,20,22). The highest BCUT2D eigenvalue weighted by molar-refractivity contribution is 7.89. The summed E-state index contributed by atoms with van der Waals surface area (Å²) in [6.45, 7) is 6.08. The number of carbonyl (C=O) groups is 1. The van der Waals surface area contributed by atoms with E-state index in [0.29, 0.717) is 34.9 Å². The summed E-state index contributed by atoms with van der Waals surface area (Å²) < 4.78 is 26.9. The predicted octanol–water partition coefficient (Wildman–Crippen LogP) is 3.93. The van der Waals surface area contributed by atoms with Gasteiger partial charge in [0.2, 0.25) is 10.0 Å². The van der Waals surface area contributed by atoms with Gasteiger partial charge >= 0.3 is 0 Å². The normalized spacial score (nSPS) is 11.6. The number of nitrogens with zero attached hydrogens (tertiary/aromatic N) is 1. The van der Waals surface area contributed by atoms with Gasteiger partial charge in [-0.1, -0.05) is 43.6 Å². The van der Waals surface area contributed by atoms with Crippen LogP contribution in [0.3, 0.4) is 0 Å². The predicted molar refractivity (Wildman–Crippen MR) is 101 cm³/mol. The summed E-state index contributed by atoms with van der Waals surface area (Å²) in [5, 5.41) is 3.04. The van der Waals surface area contributed by atoms with Crippen molar-refractivity contribution in [3.05, 3.63) is 58.6 Å². The van der Waals surface area contributed by atoms with Crippen LogP contribution in [0.1, 0.15) is 29.8 Å². The van der Waals surface area contributed by atoms with E-state index in [1.807, 2.05) is 0 Å². The van der Waals surface area contributed by atoms with Crippen LogP contribution >= 0.6 is 11.6 Å². The van der Waals surface area contributed by atoms with Gasteiger partial charge in [-0.3, -0.25) is 4.79 Å². The van der Waals surface area contributed by atoms with Crippen molar-refractivity contribution in [3.8, 4) is 0 Å². The van der Waals surface area contributed by atoms with E-state index in [9.17, 15) is 13.2 Å². The lowest BCUT2D eigenvalue weighted by Gasteiger charge is -2.20. The number of sulfonamides is 1. The van der Waals surface area contributed by atoms with E-state index in [2.05, 4.69) is 5.32 Å². The fraction of sp³-hybridized carbons (Fsp3) is 0.278. The Balaban J connectivity index is 2.37. The van der Waals surface area contributed by atoms with Crippen molar-refractivity contribution < 1.29 is 13.2 Å². The van der Waals surface area contributed by atoms with E-state index in [0.717, 1.165) is 0 Å². The van der Waals surface area contributed by atoms with Gasteiger partial charge in [0.25, 0.3) is 5.91 Å². The number of benzene rings is 2. The third-order valence-corrected chi connectivity index (χ3v) is 6.41. The Morgan fingerprint density at radius 1 is 1.12 bits per heavy atom. The Bertz CT molecular complexity index is 878. The quantitative estimate of drug-likeness (QED) is 0.825. The van der Waals surface area contributed by atoms with E-state index in [-0.39, 0.29) is 10.8 Å². The molecule has 25 heavy (non-hydrogen) atoms. The molecule has 0 aliphatic carbocycles. The van der Waals surface area contributed by atoms with Gasteiger partial charge in [0.1, 0.15) is 0 Å². The lowest BCUT2D eigenvalue weighted by molar-refractivity contribution is 0.102. The van der Waals surface area contributed by atoms with Crippen LogP contribution in [0.25, 0.3) is 0 Å². The smallest absolute Gasteiger partial charge is 0.257 e. The van der Waals surface area contributed by atoms with E-state index < -0.39 is 10.0 Å². The second kappa shape index (κ2) is 7.99. The number of amides is 1. The molecule has 7 heteroatoms. The first kappa shape index (κ1) is 19.4. The zero-order valence-electron chi connectivity index (χ0n) is 14.4. The van der Waals surface area contributed by atoms with E-state index in [1.165, 1.54) is 10.4 Å². The Kier molecular flexibility index (Phi) is 6.21. The highest BCUT2D eigenvalue weighted by Gasteiger charge is 2.24. The number of hydrogen-bond donors (Lipinski definition) is 1. The molecule has 0 radical (unpaired) electrons. The van der Waals surface area contributed by atoms with Crippen LogP contribution in [0.5, 0.6) is 0 Å². The maximum absolute atomic E-state index is 12.8. The minimum Gasteiger partial charge on any atom is -0.322 e. The summed E-state index contributed by atoms with van der Waals surface area (Å²) in [7, 11) is -3.61. The Morgan fingerprint density at radius 3 is 2.36 bits per heavy atom. The van der Waals surface area contributed by atoms with Crippen molar-refractivity contribution >= 4 is 33.2 Å². The molecule has 0 aromatic heterocycles. The van der Waals surface area contributed by atoms with Gasteiger partial charge in [-0.2, -0.15) is 4.31 Å². The van der Waals surface area contributed by atoms with Crippen LogP contribution in [-0.4, -0.2) is 31.7 Å². The van der Waals surface area contributed by atoms with Crippen molar-refractivity contribution in [2.45, 2.75) is 25.7 Å². The van der Waals surface area contributed by atoms with Crippen molar-refractivity contribution in [3.63, 3.8) is 0 Å². The molecule has 2 aromatic rings. The van der Waals surface area contributed by atoms with Crippen LogP contribution < -0.4 is 5.32 Å². The first-order valence-electron chi connectivity index (χ1n) is 7.98. The number of aryl methyl sites for hydroxylation is 1. The van der Waals surface area contributed by atoms with Gasteiger partial charge in [-0.05, 0) is 36.8 Å². The number of rotatable bonds is 6. The molecule has 1 N–H and O–H groups in total. The first-order valence-corrected chi connectivity index (χ1v) is 9.79. The molecular formula is C18H21ClN2O3S. The number of hydrogen-bond acceptors (Lipinski definition) is 3. The zero-order valence-corrected chi connectivity index (χ0v) is 16.0. The fourth-order valence-corrected chi connectivity index (χ4v) is 4.43. The van der Waals surface area contributed by atoms with Crippen LogP contribution in [0.15, 0.2) is 47.4 Å². The van der Waals surface area contributed by atoms with Crippen molar-refractivity contribution in [1.82, 2.24) is 4.31 Å². The summed E-state index contributed by atoms with van der Waals surface area (Å²) in [6, 6.07) is 11.5. The molecule has 0 saturated carbocycles. The maximum atomic E-state index is 12.8. The number of anilines is 1. The topological polar surface area (TPSA) is 66.5 Å². The van der Waals surface area contributed by atoms with Crippen LogP contribution in [0.4, 0.5) is 5.69 Å². The first-order chi connectivity index (χ1) is 11.8. The molecule has 5 nitrogen and oxygen atoms in total. The van der Waals surface area contributed by atoms with Gasteiger partial charge in [0.15, 0.2) is 0 Å². The summed E-state index contributed by atoms with van der Waals surface area (Å²) in [5.74, 6) is -0.388. The van der Waals surface area contributed by atoms with Gasteiger partial charge in [-0.25, -0.2) is 8.42 Å². The third kappa shape index (κ3) is 4.21. The summed E-state index contributed by atoms with van der Waals surface area (Å²) in [6.07, 6.45) is 0. The number of nitrogens with one attached hydrogen (secondary N) is 1. The highest BCUT2D eigenvalue weighted by atomic mass is 35.5. The Hall–Kier alpha value is -1.89. The van der Waals surface area contributed by atoms with Crippen LogP contribution in [-0.2, 0) is 10.0 Å². The highest BCUT2D eigenvalue weighted by Crippen LogP contribution is 2.24. The van der Waals surface area contributed by atoms with E-state index in [1.54, 1.807) is 57.2 Å². The molecule has 0 unspecified atom stereocenters. The number of carbonyl (C=O) groups excluding carboxylic acids is 1. The molecule has 2 rings (SSSR count). The van der Waals surface area contributed by atoms with Gasteiger partial charge < -0.3 is 5.32 Å². The molecule has 0 saturated heterocycles. The van der Waals surface area contributed by atoms with E-state index >= 15 is 0 Å². The largest absolute Gasteiger partial charge is 0.322 e. The maximum Gasteiger partial charge on any atom is 0.257 e. The molecule has 0 aliphatic heterocycles. The molecule has 0 spiro atoms. The molecule has 134 valence electrons. The van der Waals surface area contributed by atoms with Crippen molar-refractivity contribution in [2.75, 3.05) is 18.4 Å². The Morgan fingerprint density at radius 2 is 1.76 bits per heavy atom. The second-order valence-corrected chi connectivity index (χ2v) is 7.82. The Labute approximate surface area is 153 Å². The molecule has 0 bridgehead atoms. The summed E-state index contributed by atoms with van der Waals surface area (Å²) in [5.41, 5.74) is 1.36. The van der Waals surface area contributed by atoms with Gasteiger partial charge in [0, 0.05) is 18.8 Å². The summed E-state index contributed by atoms with van der Waals surface area (Å²) in [4.78, 5) is 12.6. The van der Waals surface area contributed by atoms with Gasteiger partial charge in [-0.15, -0.1) is 0 Å². The van der Waals surface area contributed by atoms with Crippen LogP contribution in [0.2, 0.25) is 5.02 Å².